The van der Waals surface area contributed by atoms with Crippen molar-refractivity contribution in [1.29, 1.82) is 5.26 Å². The van der Waals surface area contributed by atoms with Crippen LogP contribution in [0.4, 0.5) is 25.2 Å². The molecule has 0 saturated heterocycles. The quantitative estimate of drug-likeness (QED) is 0.144. The Balaban J connectivity index is 0.000000426. The van der Waals surface area contributed by atoms with Crippen LogP contribution < -0.4 is 5.63 Å². The maximum absolute atomic E-state index is 13.0. The van der Waals surface area contributed by atoms with E-state index in [-0.39, 0.29) is 11.1 Å². The van der Waals surface area contributed by atoms with Crippen molar-refractivity contribution in [3.05, 3.63) is 123 Å². The Morgan fingerprint density at radius 1 is 0.868 bits per heavy atom. The number of nitrogens with zero attached hydrogens (tertiary/aromatic N) is 1. The normalized spacial score (nSPS) is 17.7. The number of fused-ring (bicyclic) bond motifs is 2. The van der Waals surface area contributed by atoms with Gasteiger partial charge in [0.2, 0.25) is 0 Å². The fourth-order valence-electron chi connectivity index (χ4n) is 3.77. The Morgan fingerprint density at radius 2 is 1.53 bits per heavy atom. The van der Waals surface area contributed by atoms with E-state index in [2.05, 4.69) is 6.07 Å². The zero-order chi connectivity index (χ0) is 27.8. The number of halogens is 6. The molecule has 5 rings (SSSR count). The van der Waals surface area contributed by atoms with Crippen molar-refractivity contribution in [2.45, 2.75) is 0 Å². The van der Waals surface area contributed by atoms with Gasteiger partial charge in [-0.05, 0) is 29.8 Å². The van der Waals surface area contributed by atoms with E-state index in [4.69, 9.17) is 8.84 Å². The van der Waals surface area contributed by atoms with Gasteiger partial charge in [0, 0.05) is 17.2 Å². The summed E-state index contributed by atoms with van der Waals surface area (Å²) in [6.45, 7) is 0. The van der Waals surface area contributed by atoms with E-state index in [0.29, 0.717) is 39.4 Å². The van der Waals surface area contributed by atoms with Gasteiger partial charge in [-0.3, -0.25) is 4.42 Å². The van der Waals surface area contributed by atoms with Crippen LogP contribution in [0.25, 0.3) is 16.9 Å². The molecule has 0 amide bonds. The van der Waals surface area contributed by atoms with Gasteiger partial charge < -0.3 is 4.42 Å². The zero-order valence-electron chi connectivity index (χ0n) is 18.9. The van der Waals surface area contributed by atoms with Crippen LogP contribution in [0.15, 0.2) is 105 Å². The van der Waals surface area contributed by atoms with Crippen molar-refractivity contribution in [1.82, 2.24) is 0 Å². The molecule has 1 aromatic rings. The summed E-state index contributed by atoms with van der Waals surface area (Å²) in [7, 11) is -10.7. The van der Waals surface area contributed by atoms with Gasteiger partial charge in [-0.25, -0.2) is 4.79 Å². The van der Waals surface area contributed by atoms with E-state index < -0.39 is 19.4 Å². The van der Waals surface area contributed by atoms with Crippen molar-refractivity contribution >= 4 is 25.1 Å². The number of rotatable bonds is 2. The molecule has 0 spiro atoms. The maximum Gasteiger partial charge on any atom is 0.615 e. The molecule has 2 aliphatic heterocycles. The summed E-state index contributed by atoms with van der Waals surface area (Å²) in [5, 5.41) is 9.17. The second-order valence-corrected chi connectivity index (χ2v) is 9.85. The molecule has 38 heavy (non-hydrogen) atoms. The van der Waals surface area contributed by atoms with E-state index in [9.17, 15) is 40.0 Å². The van der Waals surface area contributed by atoms with Gasteiger partial charge in [-0.1, -0.05) is 54.6 Å². The molecule has 2 heterocycles. The van der Waals surface area contributed by atoms with Crippen molar-refractivity contribution in [3.8, 4) is 17.4 Å². The fourth-order valence-corrected chi connectivity index (χ4v) is 3.77. The molecule has 0 N–H and O–H groups in total. The molecule has 0 bridgehead atoms. The first-order valence-electron chi connectivity index (χ1n) is 10.6. The molecule has 4 aliphatic rings. The van der Waals surface area contributed by atoms with Crippen molar-refractivity contribution in [3.63, 3.8) is 0 Å². The third kappa shape index (κ3) is 6.41. The zero-order valence-corrected chi connectivity index (χ0v) is 19.8. The van der Waals surface area contributed by atoms with Gasteiger partial charge in [0.15, 0.2) is 5.57 Å². The molecule has 12 heteroatoms. The largest absolute Gasteiger partial charge is 0.615 e. The number of nitriles is 1. The summed E-state index contributed by atoms with van der Waals surface area (Å²) in [5.41, 5.74) is 2.68. The number of carbonyl (C=O) groups excluding carboxylic acids is 2. The average molecular weight is 549 g/mol. The maximum atomic E-state index is 13.0. The van der Waals surface area contributed by atoms with Gasteiger partial charge in [0.25, 0.3) is 5.78 Å². The van der Waals surface area contributed by atoms with Crippen LogP contribution in [-0.2, 0) is 9.22 Å². The Labute approximate surface area is 210 Å². The van der Waals surface area contributed by atoms with Gasteiger partial charge in [-0.15, -0.1) is 0 Å². The summed E-state index contributed by atoms with van der Waals surface area (Å²) in [5.74, 6) is 0.290. The first-order chi connectivity index (χ1) is 17.6. The monoisotopic (exact) mass is 549 g/mol. The van der Waals surface area contributed by atoms with Crippen LogP contribution in [0.2, 0.25) is 0 Å². The Bertz CT molecular complexity index is 1680. The standard InChI is InChI=1S/C26H14NO4.F6P/c27-15-16-11-13-17(14-12-16)22(23-18-7-3-1-5-9-20(18)30-25(23)28)24-19-8-4-2-6-10-21(19)31-26(24)29;1-7(2,3,4,5)6/h1-14H;/q+1;-1. The van der Waals surface area contributed by atoms with E-state index in [1.54, 1.807) is 60.7 Å². The molecule has 0 radical (unpaired) electrons. The number of hydrogen-bond acceptors (Lipinski definition) is 4. The molecule has 194 valence electrons. The molecule has 1 aromatic carbocycles. The molecule has 0 aromatic heterocycles. The number of allylic oxidation sites excluding steroid dienone is 5. The summed E-state index contributed by atoms with van der Waals surface area (Å²) < 4.78 is 70.2. The molecule has 0 fully saturated rings. The van der Waals surface area contributed by atoms with Crippen molar-refractivity contribution in [2.24, 2.45) is 0 Å². The molecular weight excluding hydrogens is 535 g/mol. The molecule has 5 nitrogen and oxygen atoms in total. The number of carbonyl (C=O) groups is 1. The SMILES string of the molecule is F[P-](F)(F)(F)(F)F.N#Cc1ccc(/C(=C2\C(=O)[O+]=C3C=CC=CC=C32)c2c3cccccc-3oc2=O)cc1. The number of furan rings is 1. The number of ketones is 1. The van der Waals surface area contributed by atoms with Crippen LogP contribution in [0.3, 0.4) is 0 Å². The topological polar surface area (TPSA) is 82.4 Å². The van der Waals surface area contributed by atoms with E-state index >= 15 is 0 Å². The van der Waals surface area contributed by atoms with Crippen molar-refractivity contribution < 1.29 is 38.8 Å². The Kier molecular flexibility index (Phi) is 6.13. The number of benzene rings is 1. The smallest absolute Gasteiger partial charge is 0.422 e. The molecular formula is C26H14F6NO4P. The Hall–Kier alpha value is -4.55. The summed E-state index contributed by atoms with van der Waals surface area (Å²) in [4.78, 5) is 26.0. The summed E-state index contributed by atoms with van der Waals surface area (Å²) in [6.07, 6.45) is 8.91. The van der Waals surface area contributed by atoms with E-state index in [0.717, 1.165) is 0 Å². The third-order valence-corrected chi connectivity index (χ3v) is 5.15. The molecule has 0 atom stereocenters. The minimum atomic E-state index is -10.7. The van der Waals surface area contributed by atoms with Crippen LogP contribution in [0.1, 0.15) is 16.7 Å². The first kappa shape index (κ1) is 26.5. The fraction of sp³-hybridized carbons (Fsp3) is 0. The molecule has 2 aliphatic carbocycles. The Morgan fingerprint density at radius 3 is 2.18 bits per heavy atom. The van der Waals surface area contributed by atoms with Crippen LogP contribution in [0, 0.1) is 11.3 Å². The average Bonchev–Trinajstić information content (AvgIpc) is 3.06. The summed E-state index contributed by atoms with van der Waals surface area (Å²) >= 11 is 0. The number of hydrogen-bond donors (Lipinski definition) is 0. The first-order valence-corrected chi connectivity index (χ1v) is 12.6. The predicted molar refractivity (Wildman–Crippen MR) is 129 cm³/mol. The minimum absolute atomic E-state index is 0.280. The predicted octanol–water partition coefficient (Wildman–Crippen LogP) is 7.50. The molecule has 0 saturated carbocycles. The third-order valence-electron chi connectivity index (χ3n) is 5.15. The minimum Gasteiger partial charge on any atom is -0.422 e. The second kappa shape index (κ2) is 8.78. The second-order valence-electron chi connectivity index (χ2n) is 7.93. The van der Waals surface area contributed by atoms with Crippen LogP contribution >= 0.6 is 7.81 Å². The van der Waals surface area contributed by atoms with Gasteiger partial charge in [0.05, 0.1) is 27.6 Å². The van der Waals surface area contributed by atoms with Gasteiger partial charge >= 0.3 is 44.6 Å². The van der Waals surface area contributed by atoms with Crippen molar-refractivity contribution in [2.75, 3.05) is 0 Å². The van der Waals surface area contributed by atoms with Gasteiger partial charge in [0.1, 0.15) is 5.76 Å². The van der Waals surface area contributed by atoms with Crippen LogP contribution in [0.5, 0.6) is 0 Å². The molecule has 0 unspecified atom stereocenters. The van der Waals surface area contributed by atoms with Gasteiger partial charge in [-0.2, -0.15) is 5.26 Å². The van der Waals surface area contributed by atoms with E-state index in [1.807, 2.05) is 24.3 Å². The van der Waals surface area contributed by atoms with E-state index in [1.165, 1.54) is 0 Å². The van der Waals surface area contributed by atoms with Crippen LogP contribution in [-0.4, -0.2) is 11.8 Å². The summed E-state index contributed by atoms with van der Waals surface area (Å²) in [6, 6.07) is 17.7.